The predicted molar refractivity (Wildman–Crippen MR) is 66.2 cm³/mol. The van der Waals surface area contributed by atoms with Gasteiger partial charge in [-0.15, -0.1) is 11.8 Å². The van der Waals surface area contributed by atoms with E-state index in [9.17, 15) is 8.42 Å². The molecule has 0 bridgehead atoms. The Hall–Kier alpha value is -0.860. The van der Waals surface area contributed by atoms with Crippen molar-refractivity contribution in [3.05, 3.63) is 17.5 Å². The van der Waals surface area contributed by atoms with Crippen LogP contribution in [0.3, 0.4) is 0 Å². The van der Waals surface area contributed by atoms with Gasteiger partial charge in [0.1, 0.15) is 26.3 Å². The Balaban J connectivity index is 2.20. The van der Waals surface area contributed by atoms with Gasteiger partial charge in [-0.1, -0.05) is 11.6 Å². The summed E-state index contributed by atoms with van der Waals surface area (Å²) in [5.74, 6) is 0.946. The van der Waals surface area contributed by atoms with E-state index in [0.717, 1.165) is 5.03 Å². The number of fused-ring (bicyclic) bond motifs is 1. The van der Waals surface area contributed by atoms with Gasteiger partial charge in [-0.3, -0.25) is 0 Å². The molecular weight excluding hydrogens is 284 g/mol. The van der Waals surface area contributed by atoms with Crippen LogP contribution in [-0.4, -0.2) is 45.8 Å². The topological polar surface area (TPSA) is 77.2 Å². The molecule has 0 saturated carbocycles. The Morgan fingerprint density at radius 3 is 3.00 bits per heavy atom. The molecule has 0 radical (unpaired) electrons. The first-order valence-electron chi connectivity index (χ1n) is 4.62. The van der Waals surface area contributed by atoms with Crippen LogP contribution in [0.25, 0.3) is 5.78 Å². The van der Waals surface area contributed by atoms with E-state index in [2.05, 4.69) is 15.1 Å². The molecule has 0 fully saturated rings. The van der Waals surface area contributed by atoms with Gasteiger partial charge in [0.25, 0.3) is 5.78 Å². The molecule has 0 unspecified atom stereocenters. The zero-order chi connectivity index (χ0) is 12.5. The minimum absolute atomic E-state index is 0.105. The number of hydrogen-bond donors (Lipinski definition) is 0. The van der Waals surface area contributed by atoms with Gasteiger partial charge in [0.15, 0.2) is 0 Å². The maximum absolute atomic E-state index is 11.0. The highest BCUT2D eigenvalue weighted by Gasteiger charge is 2.08. The van der Waals surface area contributed by atoms with Crippen LogP contribution in [0.5, 0.6) is 0 Å². The fourth-order valence-corrected chi connectivity index (χ4v) is 3.60. The molecule has 9 heteroatoms. The first-order valence-corrected chi connectivity index (χ1v) is 8.05. The van der Waals surface area contributed by atoms with Gasteiger partial charge < -0.3 is 0 Å². The molecule has 0 aliphatic carbocycles. The molecule has 0 amide bonds. The van der Waals surface area contributed by atoms with E-state index in [1.54, 1.807) is 6.07 Å². The normalized spacial score (nSPS) is 12.1. The predicted octanol–water partition coefficient (Wildman–Crippen LogP) is 0.914. The summed E-state index contributed by atoms with van der Waals surface area (Å²) in [5, 5.41) is 5.02. The highest BCUT2D eigenvalue weighted by molar-refractivity contribution is 8.00. The van der Waals surface area contributed by atoms with E-state index in [1.165, 1.54) is 28.9 Å². The molecule has 0 aliphatic heterocycles. The summed E-state index contributed by atoms with van der Waals surface area (Å²) in [7, 11) is -2.96. The second-order valence-corrected chi connectivity index (χ2v) is 7.13. The van der Waals surface area contributed by atoms with Crippen LogP contribution in [0, 0.1) is 0 Å². The third-order valence-corrected chi connectivity index (χ3v) is 4.28. The summed E-state index contributed by atoms with van der Waals surface area (Å²) >= 11 is 7.18. The first kappa shape index (κ1) is 12.6. The van der Waals surface area contributed by atoms with Crippen molar-refractivity contribution >= 4 is 39.0 Å². The number of sulfone groups is 1. The van der Waals surface area contributed by atoms with E-state index >= 15 is 0 Å². The fraction of sp³-hybridized carbons (Fsp3) is 0.375. The number of hydrogen-bond acceptors (Lipinski definition) is 6. The molecule has 0 saturated heterocycles. The first-order chi connectivity index (χ1) is 7.96. The van der Waals surface area contributed by atoms with Crippen LogP contribution >= 0.6 is 23.4 Å². The lowest BCUT2D eigenvalue weighted by molar-refractivity contribution is 0.603. The van der Waals surface area contributed by atoms with Crippen molar-refractivity contribution in [3.63, 3.8) is 0 Å². The Morgan fingerprint density at radius 2 is 2.29 bits per heavy atom. The molecule has 2 aromatic heterocycles. The van der Waals surface area contributed by atoms with Crippen molar-refractivity contribution in [2.75, 3.05) is 17.8 Å². The molecule has 0 aromatic carbocycles. The Labute approximate surface area is 107 Å². The van der Waals surface area contributed by atoms with E-state index < -0.39 is 9.84 Å². The highest BCUT2D eigenvalue weighted by Crippen LogP contribution is 2.21. The number of aromatic nitrogens is 4. The largest absolute Gasteiger partial charge is 0.254 e. The number of nitrogens with zero attached hydrogens (tertiary/aromatic N) is 4. The lowest BCUT2D eigenvalue weighted by atomic mass is 10.7. The number of thioether (sulfide) groups is 1. The summed E-state index contributed by atoms with van der Waals surface area (Å²) in [6, 6.07) is 1.64. The Morgan fingerprint density at radius 1 is 1.53 bits per heavy atom. The number of rotatable bonds is 4. The van der Waals surface area contributed by atoms with Crippen molar-refractivity contribution in [2.24, 2.45) is 0 Å². The van der Waals surface area contributed by atoms with Crippen LogP contribution < -0.4 is 0 Å². The Bertz CT molecular complexity index is 640. The monoisotopic (exact) mass is 292 g/mol. The minimum Gasteiger partial charge on any atom is -0.229 e. The quantitative estimate of drug-likeness (QED) is 0.616. The van der Waals surface area contributed by atoms with Crippen LogP contribution in [0.2, 0.25) is 5.15 Å². The van der Waals surface area contributed by atoms with Gasteiger partial charge >= 0.3 is 0 Å². The molecule has 6 nitrogen and oxygen atoms in total. The van der Waals surface area contributed by atoms with E-state index in [0.29, 0.717) is 16.7 Å². The summed E-state index contributed by atoms with van der Waals surface area (Å²) in [4.78, 5) is 7.90. The van der Waals surface area contributed by atoms with E-state index in [1.807, 2.05) is 0 Å². The molecular formula is C8H9ClN4O2S2. The summed E-state index contributed by atoms with van der Waals surface area (Å²) in [6.45, 7) is 0. The van der Waals surface area contributed by atoms with Crippen molar-refractivity contribution in [1.82, 2.24) is 19.6 Å². The highest BCUT2D eigenvalue weighted by atomic mass is 35.5. The maximum Gasteiger partial charge on any atom is 0.254 e. The molecule has 92 valence electrons. The van der Waals surface area contributed by atoms with Crippen LogP contribution in [0.4, 0.5) is 0 Å². The average Bonchev–Trinajstić information content (AvgIpc) is 2.63. The Kier molecular flexibility index (Phi) is 3.55. The van der Waals surface area contributed by atoms with Gasteiger partial charge in [-0.2, -0.15) is 19.6 Å². The second-order valence-electron chi connectivity index (χ2n) is 3.37. The summed E-state index contributed by atoms with van der Waals surface area (Å²) < 4.78 is 23.6. The van der Waals surface area contributed by atoms with Crippen molar-refractivity contribution in [2.45, 2.75) is 5.03 Å². The summed E-state index contributed by atoms with van der Waals surface area (Å²) in [5.41, 5.74) is 0. The van der Waals surface area contributed by atoms with E-state index in [4.69, 9.17) is 11.6 Å². The van der Waals surface area contributed by atoms with Crippen LogP contribution in [0.15, 0.2) is 17.4 Å². The second kappa shape index (κ2) is 4.79. The van der Waals surface area contributed by atoms with Crippen molar-refractivity contribution in [3.8, 4) is 0 Å². The number of halogens is 1. The lowest BCUT2D eigenvalue weighted by Crippen LogP contribution is -2.06. The fourth-order valence-electron chi connectivity index (χ4n) is 1.16. The van der Waals surface area contributed by atoms with Crippen LogP contribution in [-0.2, 0) is 9.84 Å². The van der Waals surface area contributed by atoms with Crippen LogP contribution in [0.1, 0.15) is 0 Å². The molecule has 2 rings (SSSR count). The molecule has 2 heterocycles. The van der Waals surface area contributed by atoms with Crippen molar-refractivity contribution < 1.29 is 8.42 Å². The van der Waals surface area contributed by atoms with Gasteiger partial charge in [-0.05, 0) is 0 Å². The average molecular weight is 293 g/mol. The zero-order valence-corrected chi connectivity index (χ0v) is 11.3. The third kappa shape index (κ3) is 3.30. The van der Waals surface area contributed by atoms with Gasteiger partial charge in [0.2, 0.25) is 0 Å². The zero-order valence-electron chi connectivity index (χ0n) is 8.87. The SMILES string of the molecule is CS(=O)(=O)CCSc1cc(Cl)nc2ncnn12. The molecule has 0 aliphatic rings. The van der Waals surface area contributed by atoms with Gasteiger partial charge in [0, 0.05) is 18.1 Å². The van der Waals surface area contributed by atoms with Gasteiger partial charge in [-0.25, -0.2) is 8.42 Å². The lowest BCUT2D eigenvalue weighted by Gasteiger charge is -2.03. The van der Waals surface area contributed by atoms with Crippen molar-refractivity contribution in [1.29, 1.82) is 0 Å². The maximum atomic E-state index is 11.0. The minimum atomic E-state index is -2.96. The molecule has 0 N–H and O–H groups in total. The standard InChI is InChI=1S/C8H9ClN4O2S2/c1-17(14,15)3-2-16-7-4-6(9)12-8-10-5-11-13(7)8/h4-5H,2-3H2,1H3. The van der Waals surface area contributed by atoms with Gasteiger partial charge in [0.05, 0.1) is 5.75 Å². The van der Waals surface area contributed by atoms with E-state index in [-0.39, 0.29) is 5.75 Å². The smallest absolute Gasteiger partial charge is 0.229 e. The third-order valence-electron chi connectivity index (χ3n) is 1.89. The molecule has 2 aromatic rings. The molecule has 0 atom stereocenters. The summed E-state index contributed by atoms with van der Waals surface area (Å²) in [6.07, 6.45) is 2.58. The molecule has 17 heavy (non-hydrogen) atoms. The molecule has 0 spiro atoms.